The first kappa shape index (κ1) is 33.3. The van der Waals surface area contributed by atoms with E-state index < -0.39 is 0 Å². The third-order valence-corrected chi connectivity index (χ3v) is 12.0. The minimum atomic E-state index is 0.867. The monoisotopic (exact) mass is 752 g/mol. The Morgan fingerprint density at radius 3 is 1.66 bits per heavy atom. The highest BCUT2D eigenvalue weighted by Crippen LogP contribution is 2.45. The largest absolute Gasteiger partial charge is 0.455 e. The molecule has 0 saturated carbocycles. The number of para-hydroxylation sites is 1. The standard InChI is InChI=1S/C56H36N2O/c1-3-12-37(13-4-1)38-22-29-44(30-23-38)57(51-20-11-21-53-54(51)50-35-27-41-15-8-10-19-47(41)56(50)59-53)45-31-24-39(25-32-45)42-28-33-48-49-34-26-40-14-7-9-18-46(40)55(49)58(52(48)36-42)43-16-5-2-6-17-43/h1-36H. The van der Waals surface area contributed by atoms with Gasteiger partial charge in [-0.1, -0.05) is 158 Å². The van der Waals surface area contributed by atoms with E-state index in [1.807, 2.05) is 0 Å². The van der Waals surface area contributed by atoms with Gasteiger partial charge in [-0.2, -0.15) is 0 Å². The van der Waals surface area contributed by atoms with Crippen LogP contribution in [0.15, 0.2) is 223 Å². The van der Waals surface area contributed by atoms with Crippen LogP contribution in [-0.4, -0.2) is 4.57 Å². The van der Waals surface area contributed by atoms with Gasteiger partial charge in [0.25, 0.3) is 0 Å². The number of benzene rings is 10. The number of hydrogen-bond acceptors (Lipinski definition) is 2. The van der Waals surface area contributed by atoms with Gasteiger partial charge in [-0.05, 0) is 93.7 Å². The zero-order valence-corrected chi connectivity index (χ0v) is 32.1. The van der Waals surface area contributed by atoms with Gasteiger partial charge in [0.15, 0.2) is 0 Å². The summed E-state index contributed by atoms with van der Waals surface area (Å²) in [6, 6.07) is 78.6. The maximum atomic E-state index is 6.68. The van der Waals surface area contributed by atoms with Crippen LogP contribution in [0.5, 0.6) is 0 Å². The van der Waals surface area contributed by atoms with E-state index in [2.05, 4.69) is 228 Å². The van der Waals surface area contributed by atoms with Gasteiger partial charge < -0.3 is 13.9 Å². The number of fused-ring (bicyclic) bond motifs is 10. The molecule has 276 valence electrons. The molecule has 0 aliphatic heterocycles. The van der Waals surface area contributed by atoms with Crippen molar-refractivity contribution in [2.24, 2.45) is 0 Å². The molecule has 0 aliphatic rings. The molecule has 59 heavy (non-hydrogen) atoms. The summed E-state index contributed by atoms with van der Waals surface area (Å²) < 4.78 is 9.11. The van der Waals surface area contributed by atoms with Crippen molar-refractivity contribution >= 4 is 82.4 Å². The second-order valence-electron chi connectivity index (χ2n) is 15.3. The van der Waals surface area contributed by atoms with E-state index in [9.17, 15) is 0 Å². The van der Waals surface area contributed by atoms with Gasteiger partial charge in [-0.3, -0.25) is 0 Å². The van der Waals surface area contributed by atoms with E-state index in [0.717, 1.165) is 55.6 Å². The van der Waals surface area contributed by atoms with Crippen molar-refractivity contribution in [3.8, 4) is 27.9 Å². The smallest absolute Gasteiger partial charge is 0.143 e. The van der Waals surface area contributed by atoms with Crippen molar-refractivity contribution in [2.75, 3.05) is 4.90 Å². The van der Waals surface area contributed by atoms with Gasteiger partial charge in [0.05, 0.1) is 22.1 Å². The summed E-state index contributed by atoms with van der Waals surface area (Å²) in [6.45, 7) is 0. The van der Waals surface area contributed by atoms with Gasteiger partial charge in [0.2, 0.25) is 0 Å². The Hall–Kier alpha value is -7.88. The minimum Gasteiger partial charge on any atom is -0.455 e. The normalized spacial score (nSPS) is 11.7. The van der Waals surface area contributed by atoms with E-state index in [0.29, 0.717) is 0 Å². The molecule has 0 saturated heterocycles. The second-order valence-corrected chi connectivity index (χ2v) is 15.3. The molecule has 2 heterocycles. The molecular weight excluding hydrogens is 717 g/mol. The Morgan fingerprint density at radius 2 is 0.932 bits per heavy atom. The van der Waals surface area contributed by atoms with Crippen molar-refractivity contribution in [1.82, 2.24) is 4.57 Å². The van der Waals surface area contributed by atoms with Gasteiger partial charge >= 0.3 is 0 Å². The summed E-state index contributed by atoms with van der Waals surface area (Å²) in [4.78, 5) is 2.37. The van der Waals surface area contributed by atoms with Crippen LogP contribution in [0.4, 0.5) is 17.1 Å². The first-order chi connectivity index (χ1) is 29.3. The lowest BCUT2D eigenvalue weighted by Crippen LogP contribution is -2.10. The van der Waals surface area contributed by atoms with Crippen molar-refractivity contribution in [2.45, 2.75) is 0 Å². The molecule has 12 aromatic rings. The van der Waals surface area contributed by atoms with Crippen LogP contribution in [0.3, 0.4) is 0 Å². The Labute approximate surface area is 341 Å². The highest BCUT2D eigenvalue weighted by Gasteiger charge is 2.21. The van der Waals surface area contributed by atoms with Gasteiger partial charge in [-0.25, -0.2) is 0 Å². The number of aromatic nitrogens is 1. The molecule has 0 bridgehead atoms. The average Bonchev–Trinajstić information content (AvgIpc) is 3.87. The van der Waals surface area contributed by atoms with Crippen LogP contribution in [0.2, 0.25) is 0 Å². The molecule has 10 aromatic carbocycles. The molecule has 0 spiro atoms. The number of rotatable bonds is 6. The highest BCUT2D eigenvalue weighted by atomic mass is 16.3. The lowest BCUT2D eigenvalue weighted by atomic mass is 10.0. The first-order valence-electron chi connectivity index (χ1n) is 20.2. The van der Waals surface area contributed by atoms with Gasteiger partial charge in [0.1, 0.15) is 11.2 Å². The fraction of sp³-hybridized carbons (Fsp3) is 0. The van der Waals surface area contributed by atoms with Gasteiger partial charge in [-0.15, -0.1) is 0 Å². The molecule has 0 amide bonds. The average molecular weight is 753 g/mol. The molecule has 0 radical (unpaired) electrons. The van der Waals surface area contributed by atoms with Crippen LogP contribution in [-0.2, 0) is 0 Å². The molecule has 2 aromatic heterocycles. The predicted molar refractivity (Wildman–Crippen MR) is 249 cm³/mol. The lowest BCUT2D eigenvalue weighted by molar-refractivity contribution is 0.672. The Kier molecular flexibility index (Phi) is 7.54. The number of anilines is 3. The highest BCUT2D eigenvalue weighted by molar-refractivity contribution is 6.20. The zero-order chi connectivity index (χ0) is 38.9. The third kappa shape index (κ3) is 5.36. The van der Waals surface area contributed by atoms with Crippen molar-refractivity contribution < 1.29 is 4.42 Å². The molecule has 0 N–H and O–H groups in total. The maximum absolute atomic E-state index is 6.68. The maximum Gasteiger partial charge on any atom is 0.143 e. The molecule has 0 atom stereocenters. The van der Waals surface area contributed by atoms with Crippen LogP contribution in [0.1, 0.15) is 0 Å². The molecular formula is C56H36N2O. The molecule has 0 fully saturated rings. The Balaban J connectivity index is 1.02. The molecule has 12 rings (SSSR count). The van der Waals surface area contributed by atoms with E-state index in [4.69, 9.17) is 4.42 Å². The quantitative estimate of drug-likeness (QED) is 0.169. The Bertz CT molecular complexity index is 3530. The summed E-state index contributed by atoms with van der Waals surface area (Å²) in [7, 11) is 0. The van der Waals surface area contributed by atoms with Crippen LogP contribution in [0.25, 0.3) is 93.2 Å². The fourth-order valence-corrected chi connectivity index (χ4v) is 9.19. The lowest BCUT2D eigenvalue weighted by Gasteiger charge is -2.26. The number of furan rings is 1. The molecule has 0 aliphatic carbocycles. The topological polar surface area (TPSA) is 21.3 Å². The summed E-state index contributed by atoms with van der Waals surface area (Å²) in [5.74, 6) is 0. The zero-order valence-electron chi connectivity index (χ0n) is 32.1. The SMILES string of the molecule is c1ccc(-c2ccc(N(c3ccc(-c4ccc5c6ccc7ccccc7c6n(-c6ccccc6)c5c4)cc3)c3cccc4oc5c6ccccc6ccc5c34)cc2)cc1. The molecule has 3 heteroatoms. The van der Waals surface area contributed by atoms with Crippen LogP contribution >= 0.6 is 0 Å². The molecule has 3 nitrogen and oxygen atoms in total. The van der Waals surface area contributed by atoms with Gasteiger partial charge in [0, 0.05) is 44.0 Å². The summed E-state index contributed by atoms with van der Waals surface area (Å²) in [6.07, 6.45) is 0. The van der Waals surface area contributed by atoms with Crippen LogP contribution in [0, 0.1) is 0 Å². The second kappa shape index (κ2) is 13.4. The van der Waals surface area contributed by atoms with E-state index >= 15 is 0 Å². The Morgan fingerprint density at radius 1 is 0.373 bits per heavy atom. The van der Waals surface area contributed by atoms with E-state index in [1.54, 1.807) is 0 Å². The van der Waals surface area contributed by atoms with Crippen molar-refractivity contribution in [3.63, 3.8) is 0 Å². The van der Waals surface area contributed by atoms with Crippen molar-refractivity contribution in [3.05, 3.63) is 218 Å². The fourth-order valence-electron chi connectivity index (χ4n) is 9.19. The predicted octanol–water partition coefficient (Wildman–Crippen LogP) is 15.8. The van der Waals surface area contributed by atoms with Crippen LogP contribution < -0.4 is 4.90 Å². The first-order valence-corrected chi connectivity index (χ1v) is 20.2. The summed E-state index contributed by atoms with van der Waals surface area (Å²) in [5, 5.41) is 9.47. The third-order valence-electron chi connectivity index (χ3n) is 12.0. The number of nitrogens with zero attached hydrogens (tertiary/aromatic N) is 2. The van der Waals surface area contributed by atoms with E-state index in [-0.39, 0.29) is 0 Å². The number of hydrogen-bond donors (Lipinski definition) is 0. The van der Waals surface area contributed by atoms with Crippen molar-refractivity contribution in [1.29, 1.82) is 0 Å². The minimum absolute atomic E-state index is 0.867. The summed E-state index contributed by atoms with van der Waals surface area (Å²) in [5.41, 5.74) is 13.3. The summed E-state index contributed by atoms with van der Waals surface area (Å²) >= 11 is 0. The van der Waals surface area contributed by atoms with E-state index in [1.165, 1.54) is 54.7 Å². The molecule has 0 unspecified atom stereocenters.